The summed E-state index contributed by atoms with van der Waals surface area (Å²) in [6.45, 7) is 4.76. The van der Waals surface area contributed by atoms with Crippen LogP contribution in [0.1, 0.15) is 19.8 Å². The predicted molar refractivity (Wildman–Crippen MR) is 44.4 cm³/mol. The molecule has 12 heavy (non-hydrogen) atoms. The average Bonchev–Trinajstić information content (AvgIpc) is 1.99. The Balaban J connectivity index is 4.50. The molecule has 0 aromatic carbocycles. The summed E-state index contributed by atoms with van der Waals surface area (Å²) in [5.74, 6) is -1.99. The molecule has 0 rings (SSSR count). The molecule has 3 N–H and O–H groups in total. The van der Waals surface area contributed by atoms with E-state index < -0.39 is 17.3 Å². The molecule has 0 fully saturated rings. The zero-order valence-electron chi connectivity index (χ0n) is 7.04. The Morgan fingerprint density at radius 1 is 1.67 bits per heavy atom. The molecular formula is C8H13NO3. The lowest BCUT2D eigenvalue weighted by Gasteiger charge is -2.19. The van der Waals surface area contributed by atoms with Crippen molar-refractivity contribution in [1.82, 2.24) is 0 Å². The van der Waals surface area contributed by atoms with Gasteiger partial charge >= 0.3 is 5.97 Å². The fourth-order valence-electron chi connectivity index (χ4n) is 0.726. The first kappa shape index (κ1) is 10.7. The Morgan fingerprint density at radius 3 is 2.42 bits per heavy atom. The Labute approximate surface area is 71.1 Å². The van der Waals surface area contributed by atoms with Crippen molar-refractivity contribution in [3.63, 3.8) is 0 Å². The van der Waals surface area contributed by atoms with Gasteiger partial charge in [-0.25, -0.2) is 0 Å². The smallest absolute Gasteiger partial charge is 0.318 e. The lowest BCUT2D eigenvalue weighted by molar-refractivity contribution is -0.153. The van der Waals surface area contributed by atoms with Gasteiger partial charge in [0.05, 0.1) is 0 Å². The number of carbonyl (C=O) groups excluding carboxylic acids is 1. The lowest BCUT2D eigenvalue weighted by Crippen LogP contribution is -2.41. The maximum atomic E-state index is 10.8. The predicted octanol–water partition coefficient (Wildman–Crippen LogP) is 0.529. The molecule has 0 aliphatic heterocycles. The summed E-state index contributed by atoms with van der Waals surface area (Å²) in [4.78, 5) is 21.4. The average molecular weight is 171 g/mol. The van der Waals surface area contributed by atoms with Gasteiger partial charge in [-0.1, -0.05) is 6.08 Å². The molecule has 0 aliphatic rings. The highest BCUT2D eigenvalue weighted by atomic mass is 16.4. The Kier molecular flexibility index (Phi) is 3.47. The number of carboxylic acid groups (broad SMARTS) is 1. The molecule has 0 saturated heterocycles. The molecule has 68 valence electrons. The quantitative estimate of drug-likeness (QED) is 0.467. The van der Waals surface area contributed by atoms with Gasteiger partial charge in [0.2, 0.25) is 5.91 Å². The third-order valence-corrected chi connectivity index (χ3v) is 1.86. The van der Waals surface area contributed by atoms with Crippen LogP contribution < -0.4 is 5.73 Å². The van der Waals surface area contributed by atoms with Gasteiger partial charge in [-0.2, -0.15) is 0 Å². The van der Waals surface area contributed by atoms with Crippen LogP contribution in [0.3, 0.4) is 0 Å². The van der Waals surface area contributed by atoms with Crippen LogP contribution in [0.25, 0.3) is 0 Å². The minimum atomic E-state index is -1.46. The van der Waals surface area contributed by atoms with Gasteiger partial charge in [-0.15, -0.1) is 6.58 Å². The van der Waals surface area contributed by atoms with Crippen LogP contribution in [0.4, 0.5) is 0 Å². The van der Waals surface area contributed by atoms with E-state index in [-0.39, 0.29) is 6.42 Å². The molecule has 0 heterocycles. The first-order valence-electron chi connectivity index (χ1n) is 3.59. The molecule has 1 amide bonds. The van der Waals surface area contributed by atoms with Crippen molar-refractivity contribution in [3.8, 4) is 0 Å². The molecule has 0 radical (unpaired) electrons. The monoisotopic (exact) mass is 171 g/mol. The fourth-order valence-corrected chi connectivity index (χ4v) is 0.726. The van der Waals surface area contributed by atoms with E-state index in [0.29, 0.717) is 6.42 Å². The maximum Gasteiger partial charge on any atom is 0.318 e. The van der Waals surface area contributed by atoms with E-state index in [1.165, 1.54) is 6.92 Å². The number of allylic oxidation sites excluding steroid dienone is 1. The van der Waals surface area contributed by atoms with Gasteiger partial charge in [0.15, 0.2) is 0 Å². The molecule has 0 saturated carbocycles. The summed E-state index contributed by atoms with van der Waals surface area (Å²) < 4.78 is 0. The summed E-state index contributed by atoms with van der Waals surface area (Å²) in [7, 11) is 0. The standard InChI is InChI=1S/C8H13NO3/c1-3-4-5-8(2,6(9)10)7(11)12/h3H,1,4-5H2,2H3,(H2,9,10)(H,11,12). The number of primary amides is 1. The van der Waals surface area contributed by atoms with Crippen molar-refractivity contribution in [2.75, 3.05) is 0 Å². The number of amides is 1. The molecule has 0 spiro atoms. The summed E-state index contributed by atoms with van der Waals surface area (Å²) in [5.41, 5.74) is 3.49. The number of hydrogen-bond donors (Lipinski definition) is 2. The first-order chi connectivity index (χ1) is 5.45. The minimum absolute atomic E-state index is 0.196. The molecule has 0 aromatic rings. The van der Waals surface area contributed by atoms with E-state index in [4.69, 9.17) is 10.8 Å². The van der Waals surface area contributed by atoms with Gasteiger partial charge in [-0.3, -0.25) is 9.59 Å². The number of hydrogen-bond acceptors (Lipinski definition) is 2. The number of carbonyl (C=O) groups is 2. The van der Waals surface area contributed by atoms with Crippen LogP contribution in [0.15, 0.2) is 12.7 Å². The van der Waals surface area contributed by atoms with Crippen molar-refractivity contribution in [1.29, 1.82) is 0 Å². The van der Waals surface area contributed by atoms with Crippen LogP contribution in [0, 0.1) is 5.41 Å². The van der Waals surface area contributed by atoms with E-state index in [9.17, 15) is 9.59 Å². The highest BCUT2D eigenvalue weighted by Crippen LogP contribution is 2.23. The second-order valence-electron chi connectivity index (χ2n) is 2.83. The maximum absolute atomic E-state index is 10.8. The van der Waals surface area contributed by atoms with Gasteiger partial charge in [0.25, 0.3) is 0 Å². The van der Waals surface area contributed by atoms with E-state index in [0.717, 1.165) is 0 Å². The van der Waals surface area contributed by atoms with E-state index in [2.05, 4.69) is 6.58 Å². The zero-order valence-corrected chi connectivity index (χ0v) is 7.04. The number of nitrogens with two attached hydrogens (primary N) is 1. The van der Waals surface area contributed by atoms with Crippen molar-refractivity contribution >= 4 is 11.9 Å². The topological polar surface area (TPSA) is 80.4 Å². The van der Waals surface area contributed by atoms with Gasteiger partial charge in [0, 0.05) is 0 Å². The van der Waals surface area contributed by atoms with Crippen LogP contribution in [0.5, 0.6) is 0 Å². The summed E-state index contributed by atoms with van der Waals surface area (Å²) in [6.07, 6.45) is 2.22. The Hall–Kier alpha value is -1.32. The number of carboxylic acids is 1. The summed E-state index contributed by atoms with van der Waals surface area (Å²) in [6, 6.07) is 0. The van der Waals surface area contributed by atoms with Crippen molar-refractivity contribution in [2.24, 2.45) is 11.1 Å². The van der Waals surface area contributed by atoms with Gasteiger partial charge < -0.3 is 10.8 Å². The van der Waals surface area contributed by atoms with Crippen LogP contribution in [0.2, 0.25) is 0 Å². The highest BCUT2D eigenvalue weighted by molar-refractivity contribution is 6.00. The molecule has 4 heteroatoms. The van der Waals surface area contributed by atoms with Crippen LogP contribution >= 0.6 is 0 Å². The molecule has 0 aromatic heterocycles. The SMILES string of the molecule is C=CCCC(C)(C(N)=O)C(=O)O. The number of aliphatic carboxylic acids is 1. The lowest BCUT2D eigenvalue weighted by atomic mass is 9.85. The number of rotatable bonds is 5. The van der Waals surface area contributed by atoms with Crippen molar-refractivity contribution in [2.45, 2.75) is 19.8 Å². The molecule has 0 bridgehead atoms. The van der Waals surface area contributed by atoms with Crippen LogP contribution in [-0.4, -0.2) is 17.0 Å². The minimum Gasteiger partial charge on any atom is -0.480 e. The highest BCUT2D eigenvalue weighted by Gasteiger charge is 2.38. The van der Waals surface area contributed by atoms with E-state index >= 15 is 0 Å². The Bertz CT molecular complexity index is 196. The molecule has 0 aliphatic carbocycles. The second kappa shape index (κ2) is 3.90. The fraction of sp³-hybridized carbons (Fsp3) is 0.500. The molecular weight excluding hydrogens is 158 g/mol. The van der Waals surface area contributed by atoms with Gasteiger partial charge in [-0.05, 0) is 19.8 Å². The molecule has 1 unspecified atom stereocenters. The summed E-state index contributed by atoms with van der Waals surface area (Å²) in [5, 5.41) is 8.69. The second-order valence-corrected chi connectivity index (χ2v) is 2.83. The third kappa shape index (κ3) is 2.08. The van der Waals surface area contributed by atoms with Crippen molar-refractivity contribution in [3.05, 3.63) is 12.7 Å². The van der Waals surface area contributed by atoms with Gasteiger partial charge in [0.1, 0.15) is 5.41 Å². The van der Waals surface area contributed by atoms with E-state index in [1.807, 2.05) is 0 Å². The zero-order chi connectivity index (χ0) is 9.78. The summed E-state index contributed by atoms with van der Waals surface area (Å²) >= 11 is 0. The third-order valence-electron chi connectivity index (χ3n) is 1.86. The first-order valence-corrected chi connectivity index (χ1v) is 3.59. The normalized spacial score (nSPS) is 14.8. The largest absolute Gasteiger partial charge is 0.480 e. The molecule has 1 atom stereocenters. The Morgan fingerprint density at radius 2 is 2.17 bits per heavy atom. The van der Waals surface area contributed by atoms with Crippen LogP contribution in [-0.2, 0) is 9.59 Å². The van der Waals surface area contributed by atoms with Crippen molar-refractivity contribution < 1.29 is 14.7 Å². The molecule has 4 nitrogen and oxygen atoms in total. The van der Waals surface area contributed by atoms with E-state index in [1.54, 1.807) is 6.08 Å².